The third kappa shape index (κ3) is 5.10. The Hall–Kier alpha value is -2.80. The Morgan fingerprint density at radius 1 is 0.963 bits per heavy atom. The van der Waals surface area contributed by atoms with Crippen molar-refractivity contribution in [3.8, 4) is 0 Å². The highest BCUT2D eigenvalue weighted by Gasteiger charge is 2.25. The fourth-order valence-corrected chi connectivity index (χ4v) is 3.00. The van der Waals surface area contributed by atoms with Gasteiger partial charge in [0.05, 0.1) is 12.1 Å². The predicted molar refractivity (Wildman–Crippen MR) is 97.0 cm³/mol. The normalized spacial score (nSPS) is 14.8. The van der Waals surface area contributed by atoms with Crippen LogP contribution in [0.15, 0.2) is 48.5 Å². The van der Waals surface area contributed by atoms with Crippen LogP contribution in [0, 0.1) is 11.6 Å². The largest absolute Gasteiger partial charge is 0.351 e. The molecular formula is C20H21F2N3O2. The lowest BCUT2D eigenvalue weighted by Gasteiger charge is -2.34. The number of hydrogen-bond acceptors (Lipinski definition) is 3. The Balaban J connectivity index is 1.45. The van der Waals surface area contributed by atoms with E-state index in [0.29, 0.717) is 38.8 Å². The van der Waals surface area contributed by atoms with Crippen molar-refractivity contribution in [2.24, 2.45) is 0 Å². The Bertz CT molecular complexity index is 806. The van der Waals surface area contributed by atoms with Gasteiger partial charge >= 0.3 is 0 Å². The molecule has 1 saturated heterocycles. The van der Waals surface area contributed by atoms with Crippen molar-refractivity contribution in [1.82, 2.24) is 15.1 Å². The molecule has 1 aliphatic heterocycles. The first-order chi connectivity index (χ1) is 13.0. The van der Waals surface area contributed by atoms with Crippen LogP contribution in [0.25, 0.3) is 0 Å². The Kier molecular flexibility index (Phi) is 6.13. The molecule has 1 heterocycles. The molecule has 0 unspecified atom stereocenters. The minimum absolute atomic E-state index is 0.0804. The number of halogens is 2. The van der Waals surface area contributed by atoms with E-state index in [1.807, 2.05) is 35.2 Å². The molecule has 0 atom stereocenters. The summed E-state index contributed by atoms with van der Waals surface area (Å²) >= 11 is 0. The van der Waals surface area contributed by atoms with Crippen LogP contribution in [0.1, 0.15) is 15.9 Å². The highest BCUT2D eigenvalue weighted by Crippen LogP contribution is 2.14. The van der Waals surface area contributed by atoms with Gasteiger partial charge in [0.25, 0.3) is 5.91 Å². The molecule has 0 spiro atoms. The summed E-state index contributed by atoms with van der Waals surface area (Å²) in [6.45, 7) is 2.55. The number of rotatable bonds is 5. The summed E-state index contributed by atoms with van der Waals surface area (Å²) in [4.78, 5) is 27.9. The van der Waals surface area contributed by atoms with E-state index in [9.17, 15) is 18.4 Å². The maximum absolute atomic E-state index is 13.8. The van der Waals surface area contributed by atoms with Gasteiger partial charge in [0.1, 0.15) is 11.6 Å². The highest BCUT2D eigenvalue weighted by molar-refractivity contribution is 5.94. The van der Waals surface area contributed by atoms with E-state index in [1.54, 1.807) is 0 Å². The van der Waals surface area contributed by atoms with Crippen molar-refractivity contribution < 1.29 is 18.4 Å². The standard InChI is InChI=1S/C20H21F2N3O2/c21-16-6-7-17(18(22)12-16)20(27)25-10-8-24(9-11-25)14-19(26)23-13-15-4-2-1-3-5-15/h1-7,12H,8-11,13-14H2,(H,23,26). The summed E-state index contributed by atoms with van der Waals surface area (Å²) in [5, 5.41) is 2.87. The minimum Gasteiger partial charge on any atom is -0.351 e. The zero-order chi connectivity index (χ0) is 19.2. The molecule has 27 heavy (non-hydrogen) atoms. The Morgan fingerprint density at radius 3 is 2.33 bits per heavy atom. The summed E-state index contributed by atoms with van der Waals surface area (Å²) in [6, 6.07) is 12.6. The second-order valence-corrected chi connectivity index (χ2v) is 6.45. The first-order valence-corrected chi connectivity index (χ1v) is 8.80. The zero-order valence-corrected chi connectivity index (χ0v) is 14.8. The maximum Gasteiger partial charge on any atom is 0.256 e. The van der Waals surface area contributed by atoms with Gasteiger partial charge in [-0.2, -0.15) is 0 Å². The fourth-order valence-electron chi connectivity index (χ4n) is 3.00. The van der Waals surface area contributed by atoms with E-state index in [1.165, 1.54) is 4.90 Å². The van der Waals surface area contributed by atoms with Gasteiger partial charge < -0.3 is 10.2 Å². The number of carbonyl (C=O) groups is 2. The summed E-state index contributed by atoms with van der Waals surface area (Å²) in [5.41, 5.74) is 0.896. The van der Waals surface area contributed by atoms with Crippen LogP contribution in [0.5, 0.6) is 0 Å². The molecule has 0 radical (unpaired) electrons. The quantitative estimate of drug-likeness (QED) is 0.873. The van der Waals surface area contributed by atoms with E-state index >= 15 is 0 Å². The van der Waals surface area contributed by atoms with Crippen LogP contribution in [-0.4, -0.2) is 54.3 Å². The number of nitrogens with zero attached hydrogens (tertiary/aromatic N) is 2. The van der Waals surface area contributed by atoms with Gasteiger partial charge in [-0.1, -0.05) is 30.3 Å². The second kappa shape index (κ2) is 8.73. The number of hydrogen-bond donors (Lipinski definition) is 1. The summed E-state index contributed by atoms with van der Waals surface area (Å²) in [7, 11) is 0. The molecule has 0 bridgehead atoms. The van der Waals surface area contributed by atoms with E-state index in [0.717, 1.165) is 17.7 Å². The van der Waals surface area contributed by atoms with Crippen LogP contribution in [0.3, 0.4) is 0 Å². The van der Waals surface area contributed by atoms with E-state index in [4.69, 9.17) is 0 Å². The number of amides is 2. The van der Waals surface area contributed by atoms with Gasteiger partial charge in [-0.25, -0.2) is 8.78 Å². The van der Waals surface area contributed by atoms with Crippen LogP contribution in [0.4, 0.5) is 8.78 Å². The van der Waals surface area contributed by atoms with Gasteiger partial charge in [0.15, 0.2) is 0 Å². The molecular weight excluding hydrogens is 352 g/mol. The lowest BCUT2D eigenvalue weighted by Crippen LogP contribution is -2.51. The highest BCUT2D eigenvalue weighted by atomic mass is 19.1. The maximum atomic E-state index is 13.8. The van der Waals surface area contributed by atoms with Crippen molar-refractivity contribution >= 4 is 11.8 Å². The predicted octanol–water partition coefficient (Wildman–Crippen LogP) is 2.04. The van der Waals surface area contributed by atoms with Crippen molar-refractivity contribution in [3.05, 3.63) is 71.3 Å². The fraction of sp³-hybridized carbons (Fsp3) is 0.300. The van der Waals surface area contributed by atoms with Crippen LogP contribution in [-0.2, 0) is 11.3 Å². The Labute approximate surface area is 156 Å². The Morgan fingerprint density at radius 2 is 1.67 bits per heavy atom. The first-order valence-electron chi connectivity index (χ1n) is 8.80. The smallest absolute Gasteiger partial charge is 0.256 e. The zero-order valence-electron chi connectivity index (χ0n) is 14.8. The molecule has 3 rings (SSSR count). The molecule has 2 aromatic carbocycles. The van der Waals surface area contributed by atoms with Gasteiger partial charge in [-0.15, -0.1) is 0 Å². The molecule has 5 nitrogen and oxygen atoms in total. The summed E-state index contributed by atoms with van der Waals surface area (Å²) in [6.07, 6.45) is 0. The van der Waals surface area contributed by atoms with Crippen molar-refractivity contribution in [3.63, 3.8) is 0 Å². The van der Waals surface area contributed by atoms with E-state index in [2.05, 4.69) is 5.32 Å². The van der Waals surface area contributed by atoms with Crippen LogP contribution in [0.2, 0.25) is 0 Å². The van der Waals surface area contributed by atoms with Crippen molar-refractivity contribution in [2.45, 2.75) is 6.54 Å². The van der Waals surface area contributed by atoms with E-state index < -0.39 is 17.5 Å². The average Bonchev–Trinajstić information content (AvgIpc) is 2.67. The lowest BCUT2D eigenvalue weighted by molar-refractivity contribution is -0.122. The number of nitrogens with one attached hydrogen (secondary N) is 1. The van der Waals surface area contributed by atoms with Crippen molar-refractivity contribution in [2.75, 3.05) is 32.7 Å². The van der Waals surface area contributed by atoms with Crippen molar-refractivity contribution in [1.29, 1.82) is 0 Å². The molecule has 2 aromatic rings. The topological polar surface area (TPSA) is 52.7 Å². The molecule has 0 aliphatic carbocycles. The van der Waals surface area contributed by atoms with E-state index in [-0.39, 0.29) is 18.0 Å². The minimum atomic E-state index is -0.859. The summed E-state index contributed by atoms with van der Waals surface area (Å²) in [5.74, 6) is -2.11. The van der Waals surface area contributed by atoms with Gasteiger partial charge in [-0.3, -0.25) is 14.5 Å². The third-order valence-corrected chi connectivity index (χ3v) is 4.52. The first kappa shape index (κ1) is 19.0. The molecule has 2 amide bonds. The molecule has 7 heteroatoms. The molecule has 142 valence electrons. The SMILES string of the molecule is O=C(CN1CCN(C(=O)c2ccc(F)cc2F)CC1)NCc1ccccc1. The number of piperazine rings is 1. The lowest BCUT2D eigenvalue weighted by atomic mass is 10.1. The second-order valence-electron chi connectivity index (χ2n) is 6.45. The molecule has 0 saturated carbocycles. The molecule has 1 fully saturated rings. The summed E-state index contributed by atoms with van der Waals surface area (Å²) < 4.78 is 26.8. The van der Waals surface area contributed by atoms with Crippen LogP contribution >= 0.6 is 0 Å². The number of carbonyl (C=O) groups excluding carboxylic acids is 2. The van der Waals surface area contributed by atoms with Gasteiger partial charge in [0, 0.05) is 38.8 Å². The van der Waals surface area contributed by atoms with Crippen LogP contribution < -0.4 is 5.32 Å². The average molecular weight is 373 g/mol. The third-order valence-electron chi connectivity index (χ3n) is 4.52. The monoisotopic (exact) mass is 373 g/mol. The van der Waals surface area contributed by atoms with Gasteiger partial charge in [-0.05, 0) is 17.7 Å². The number of benzene rings is 2. The molecule has 1 aliphatic rings. The molecule has 0 aromatic heterocycles. The van der Waals surface area contributed by atoms with Gasteiger partial charge in [0.2, 0.25) is 5.91 Å². The molecule has 1 N–H and O–H groups in total.